The minimum Gasteiger partial charge on any atom is -0.265 e. The molecule has 0 fully saturated rings. The number of rotatable bonds is 12. The van der Waals surface area contributed by atoms with Gasteiger partial charge in [0, 0.05) is 75.5 Å². The molecule has 0 aliphatic heterocycles. The Hall–Kier alpha value is -17.0. The van der Waals surface area contributed by atoms with Crippen LogP contribution in [0.4, 0.5) is 0 Å². The average molecular weight is 1610 g/mol. The van der Waals surface area contributed by atoms with Gasteiger partial charge >= 0.3 is 0 Å². The Morgan fingerprint density at radius 1 is 0.127 bits per heavy atom. The summed E-state index contributed by atoms with van der Waals surface area (Å²) in [6.45, 7) is 0. The van der Waals surface area contributed by atoms with Crippen molar-refractivity contribution in [3.05, 3.63) is 456 Å². The highest BCUT2D eigenvalue weighted by atomic mass is 14.9. The second kappa shape index (κ2) is 33.2. The zero-order valence-electron chi connectivity index (χ0n) is 68.3. The molecule has 0 amide bonds. The van der Waals surface area contributed by atoms with E-state index in [1.54, 1.807) is 0 Å². The van der Waals surface area contributed by atoms with Crippen molar-refractivity contribution in [2.45, 2.75) is 0 Å². The smallest absolute Gasteiger partial charge is 0.0979 e. The van der Waals surface area contributed by atoms with Crippen molar-refractivity contribution in [3.8, 4) is 134 Å². The molecule has 0 spiro atoms. The third-order valence-corrected chi connectivity index (χ3v) is 23.9. The third-order valence-electron chi connectivity index (χ3n) is 23.9. The monoisotopic (exact) mass is 1610 g/mol. The number of para-hydroxylation sites is 6. The molecule has 9 heteroatoms. The molecule has 18 aromatic carbocycles. The number of hydrogen-bond donors (Lipinski definition) is 0. The number of pyridine rings is 3. The molecule has 9 nitrogen and oxygen atoms in total. The zero-order chi connectivity index (χ0) is 83.6. The lowest BCUT2D eigenvalue weighted by molar-refractivity contribution is 1.30. The number of fused-ring (bicyclic) bond motifs is 9. The SMILES string of the molecule is c1ccc(-c2nc3ccccc3nc2-c2ccc(-c3ccc(-c4ccccn4)c4ccccc34)c3ccccc23)cc1.c1ccc(-c2nc3ccccc3nc2-c2cccc3c(-c4cccc5c(-c6cccnc6)cccc45)cccc23)cc1.c1ccc(-c2nc3ccccc3nc2-c2cccc3c(-c4cccc5c(-c6ccncc6)cccc45)cccc23)cc1. The van der Waals surface area contributed by atoms with Crippen LogP contribution in [0.3, 0.4) is 0 Å². The summed E-state index contributed by atoms with van der Waals surface area (Å²) in [7, 11) is 0. The first kappa shape index (κ1) is 75.2. The third kappa shape index (κ3) is 14.1. The van der Waals surface area contributed by atoms with Crippen LogP contribution in [-0.4, -0.2) is 44.9 Å². The van der Waals surface area contributed by atoms with Crippen molar-refractivity contribution in [2.24, 2.45) is 0 Å². The number of nitrogens with zero attached hydrogens (tertiary/aromatic N) is 9. The van der Waals surface area contributed by atoms with E-state index in [9.17, 15) is 0 Å². The van der Waals surface area contributed by atoms with E-state index < -0.39 is 0 Å². The highest BCUT2D eigenvalue weighted by Crippen LogP contribution is 2.47. The van der Waals surface area contributed by atoms with E-state index in [4.69, 9.17) is 29.9 Å². The van der Waals surface area contributed by atoms with E-state index in [0.29, 0.717) is 0 Å². The van der Waals surface area contributed by atoms with E-state index in [1.165, 1.54) is 93.0 Å². The lowest BCUT2D eigenvalue weighted by atomic mass is 9.89. The van der Waals surface area contributed by atoms with E-state index in [1.807, 2.05) is 140 Å². The number of aromatic nitrogens is 9. The predicted octanol–water partition coefficient (Wildman–Crippen LogP) is 30.0. The summed E-state index contributed by atoms with van der Waals surface area (Å²) >= 11 is 0. The van der Waals surface area contributed by atoms with Crippen LogP contribution < -0.4 is 0 Å². The van der Waals surface area contributed by atoms with E-state index in [0.717, 1.165) is 139 Å². The van der Waals surface area contributed by atoms with Gasteiger partial charge in [0.25, 0.3) is 0 Å². The zero-order valence-corrected chi connectivity index (χ0v) is 68.3. The average Bonchev–Trinajstić information content (AvgIpc) is 0.746. The van der Waals surface area contributed by atoms with Gasteiger partial charge in [0.05, 0.1) is 73.0 Å². The summed E-state index contributed by atoms with van der Waals surface area (Å²) in [6.07, 6.45) is 9.30. The van der Waals surface area contributed by atoms with Gasteiger partial charge in [-0.25, -0.2) is 29.9 Å². The minimum atomic E-state index is 0.886. The molecule has 6 heterocycles. The Balaban J connectivity index is 0.000000112. The van der Waals surface area contributed by atoms with Gasteiger partial charge in [-0.2, -0.15) is 0 Å². The van der Waals surface area contributed by atoms with Gasteiger partial charge in [0.1, 0.15) is 0 Å². The summed E-state index contributed by atoms with van der Waals surface area (Å²) in [5.74, 6) is 0. The molecule has 0 unspecified atom stereocenters. The fraction of sp³-hybridized carbons (Fsp3) is 0. The Bertz CT molecular complexity index is 7620. The first-order valence-corrected chi connectivity index (χ1v) is 42.4. The van der Waals surface area contributed by atoms with Gasteiger partial charge in [-0.3, -0.25) is 15.0 Å². The second-order valence-electron chi connectivity index (χ2n) is 31.3. The quantitative estimate of drug-likeness (QED) is 0.118. The van der Waals surface area contributed by atoms with Gasteiger partial charge < -0.3 is 0 Å². The van der Waals surface area contributed by atoms with Crippen LogP contribution in [-0.2, 0) is 0 Å². The minimum absolute atomic E-state index is 0.886. The highest BCUT2D eigenvalue weighted by Gasteiger charge is 2.24. The molecule has 0 saturated carbocycles. The topological polar surface area (TPSA) is 116 Å². The summed E-state index contributed by atoms with van der Waals surface area (Å²) in [5, 5.41) is 14.3. The number of hydrogen-bond acceptors (Lipinski definition) is 9. The fourth-order valence-corrected chi connectivity index (χ4v) is 18.1. The van der Waals surface area contributed by atoms with Crippen molar-refractivity contribution < 1.29 is 0 Å². The molecule has 0 saturated heterocycles. The largest absolute Gasteiger partial charge is 0.265 e. The Morgan fingerprint density at radius 3 is 0.730 bits per heavy atom. The first-order chi connectivity index (χ1) is 62.5. The van der Waals surface area contributed by atoms with Crippen LogP contribution in [0, 0.1) is 0 Å². The lowest BCUT2D eigenvalue weighted by Crippen LogP contribution is -1.97. The fourth-order valence-electron chi connectivity index (χ4n) is 18.1. The van der Waals surface area contributed by atoms with Crippen LogP contribution in [0.15, 0.2) is 456 Å². The first-order valence-electron chi connectivity index (χ1n) is 42.4. The van der Waals surface area contributed by atoms with Crippen LogP contribution in [0.5, 0.6) is 0 Å². The summed E-state index contributed by atoms with van der Waals surface area (Å²) in [4.78, 5) is 44.2. The second-order valence-corrected chi connectivity index (χ2v) is 31.3. The maximum Gasteiger partial charge on any atom is 0.0979 e. The number of benzene rings is 18. The molecule has 126 heavy (non-hydrogen) atoms. The molecule has 0 N–H and O–H groups in total. The van der Waals surface area contributed by atoms with Crippen LogP contribution in [0.25, 0.3) is 232 Å². The van der Waals surface area contributed by atoms with Gasteiger partial charge in [-0.1, -0.05) is 358 Å². The maximum absolute atomic E-state index is 5.20. The van der Waals surface area contributed by atoms with Crippen LogP contribution in [0.1, 0.15) is 0 Å². The van der Waals surface area contributed by atoms with Crippen LogP contribution in [0.2, 0.25) is 0 Å². The van der Waals surface area contributed by atoms with Crippen molar-refractivity contribution >= 4 is 97.7 Å². The molecule has 588 valence electrons. The predicted molar refractivity (Wildman–Crippen MR) is 522 cm³/mol. The molecule has 0 aliphatic rings. The van der Waals surface area contributed by atoms with E-state index in [-0.39, 0.29) is 0 Å². The molecule has 0 radical (unpaired) electrons. The molecule has 24 rings (SSSR count). The molecule has 0 atom stereocenters. The van der Waals surface area contributed by atoms with Gasteiger partial charge in [-0.15, -0.1) is 0 Å². The van der Waals surface area contributed by atoms with E-state index in [2.05, 4.69) is 330 Å². The van der Waals surface area contributed by atoms with Gasteiger partial charge in [-0.05, 0) is 181 Å². The summed E-state index contributed by atoms with van der Waals surface area (Å²) in [6, 6.07) is 148. The van der Waals surface area contributed by atoms with Gasteiger partial charge in [0.15, 0.2) is 0 Å². The van der Waals surface area contributed by atoms with E-state index >= 15 is 0 Å². The van der Waals surface area contributed by atoms with Gasteiger partial charge in [0.2, 0.25) is 0 Å². The maximum atomic E-state index is 5.20. The van der Waals surface area contributed by atoms with Crippen molar-refractivity contribution in [2.75, 3.05) is 0 Å². The summed E-state index contributed by atoms with van der Waals surface area (Å²) < 4.78 is 0. The molecule has 6 aromatic heterocycles. The molecule has 0 bridgehead atoms. The Labute approximate surface area is 727 Å². The normalized spacial score (nSPS) is 11.3. The standard InChI is InChI=1S/3C39H25N3/c1-2-12-26(13-3-1)38-39(42-37-20-9-8-19-36(37)41-38)34-24-22-32(28-15-5-7-17-30(28)34)31-21-23-33(35-18-10-11-25-40-35)29-16-6-4-14-27(29)31;1-2-11-26(12-3-1)38-39(42-37-23-5-4-22-36(37)41-38)35-21-9-19-33-32(18-8-20-34(33)35)31-17-7-15-29-28(14-6-16-30(29)31)27-13-10-24-40-25-27;1-2-10-27(11-3-1)38-39(42-37-21-5-4-20-36(37)41-38)35-19-9-17-33-32(16-8-18-34(33)35)31-15-7-13-29-28(12-6-14-30(29)31)26-22-24-40-25-23-26/h3*1-25H. The van der Waals surface area contributed by atoms with Crippen molar-refractivity contribution in [3.63, 3.8) is 0 Å². The molecule has 24 aromatic rings. The van der Waals surface area contributed by atoms with Crippen molar-refractivity contribution in [1.82, 2.24) is 44.9 Å². The summed E-state index contributed by atoms with van der Waals surface area (Å²) in [5.41, 5.74) is 31.0. The van der Waals surface area contributed by atoms with Crippen molar-refractivity contribution in [1.29, 1.82) is 0 Å². The highest BCUT2D eigenvalue weighted by molar-refractivity contribution is 6.16. The molecular weight excluding hydrogens is 1530 g/mol. The lowest BCUT2D eigenvalue weighted by Gasteiger charge is -2.17. The Morgan fingerprint density at radius 2 is 0.381 bits per heavy atom. The molecule has 0 aliphatic carbocycles. The Kier molecular flexibility index (Phi) is 19.8. The molecular formula is C117H75N9. The van der Waals surface area contributed by atoms with Crippen LogP contribution >= 0.6 is 0 Å².